The minimum Gasteiger partial charge on any atom is -0.462 e. The Labute approximate surface area is 88.7 Å². The van der Waals surface area contributed by atoms with Crippen LogP contribution in [-0.4, -0.2) is 30.6 Å². The van der Waals surface area contributed by atoms with E-state index in [0.29, 0.717) is 18.1 Å². The van der Waals surface area contributed by atoms with Crippen molar-refractivity contribution in [3.05, 3.63) is 30.1 Å². The van der Waals surface area contributed by atoms with Gasteiger partial charge in [-0.2, -0.15) is 0 Å². The molecule has 0 aromatic carbocycles. The number of carbonyl (C=O) groups is 1. The topological polar surface area (TPSA) is 51.2 Å². The fourth-order valence-corrected chi connectivity index (χ4v) is 1.62. The highest BCUT2D eigenvalue weighted by molar-refractivity contribution is 5.88. The van der Waals surface area contributed by atoms with Gasteiger partial charge in [-0.15, -0.1) is 0 Å². The van der Waals surface area contributed by atoms with E-state index in [1.54, 1.807) is 18.3 Å². The molecule has 0 radical (unpaired) electrons. The van der Waals surface area contributed by atoms with Gasteiger partial charge in [0.25, 0.3) is 0 Å². The predicted molar refractivity (Wildman–Crippen MR) is 55.5 cm³/mol. The van der Waals surface area contributed by atoms with Crippen LogP contribution in [0.2, 0.25) is 0 Å². The number of hydrogen-bond donors (Lipinski definition) is 1. The van der Waals surface area contributed by atoms with Crippen LogP contribution in [0.15, 0.2) is 24.5 Å². The van der Waals surface area contributed by atoms with Crippen molar-refractivity contribution in [1.29, 1.82) is 0 Å². The Morgan fingerprint density at radius 2 is 2.60 bits per heavy atom. The standard InChI is InChI=1S/C11H14N2O2/c14-11(10-2-1-4-12-7-10)15-8-9-3-5-13-6-9/h1-2,4,7,9,13H,3,5-6,8H2/t9-/m1/s1. The third-order valence-corrected chi connectivity index (χ3v) is 2.51. The summed E-state index contributed by atoms with van der Waals surface area (Å²) in [7, 11) is 0. The van der Waals surface area contributed by atoms with Crippen molar-refractivity contribution in [3.63, 3.8) is 0 Å². The summed E-state index contributed by atoms with van der Waals surface area (Å²) in [5.74, 6) is 0.181. The molecule has 80 valence electrons. The highest BCUT2D eigenvalue weighted by atomic mass is 16.5. The molecule has 0 amide bonds. The molecule has 1 fully saturated rings. The SMILES string of the molecule is O=C(OC[C@@H]1CCNC1)c1cccnc1. The van der Waals surface area contributed by atoms with E-state index in [0.717, 1.165) is 19.5 Å². The molecule has 4 heteroatoms. The maximum atomic E-state index is 11.5. The second kappa shape index (κ2) is 4.89. The van der Waals surface area contributed by atoms with E-state index >= 15 is 0 Å². The van der Waals surface area contributed by atoms with Crippen molar-refractivity contribution in [2.24, 2.45) is 5.92 Å². The molecule has 1 aromatic heterocycles. The first-order chi connectivity index (χ1) is 7.36. The van der Waals surface area contributed by atoms with Gasteiger partial charge in [-0.3, -0.25) is 4.98 Å². The minimum atomic E-state index is -0.282. The molecule has 0 unspecified atom stereocenters. The normalized spacial score (nSPS) is 20.1. The zero-order valence-corrected chi connectivity index (χ0v) is 8.48. The van der Waals surface area contributed by atoms with Gasteiger partial charge >= 0.3 is 5.97 Å². The molecular formula is C11H14N2O2. The van der Waals surface area contributed by atoms with Gasteiger partial charge in [0.15, 0.2) is 0 Å². The molecule has 0 spiro atoms. The van der Waals surface area contributed by atoms with E-state index in [1.807, 2.05) is 0 Å². The first kappa shape index (κ1) is 10.1. The van der Waals surface area contributed by atoms with Crippen LogP contribution in [0.5, 0.6) is 0 Å². The average Bonchev–Trinajstić information content (AvgIpc) is 2.80. The lowest BCUT2D eigenvalue weighted by Crippen LogP contribution is -2.16. The van der Waals surface area contributed by atoms with Gasteiger partial charge in [0.05, 0.1) is 12.2 Å². The van der Waals surface area contributed by atoms with E-state index in [9.17, 15) is 4.79 Å². The molecular weight excluding hydrogens is 192 g/mol. The first-order valence-electron chi connectivity index (χ1n) is 5.14. The Kier molecular flexibility index (Phi) is 3.29. The number of esters is 1. The number of ether oxygens (including phenoxy) is 1. The summed E-state index contributed by atoms with van der Waals surface area (Å²) in [6.45, 7) is 2.47. The first-order valence-corrected chi connectivity index (χ1v) is 5.14. The number of hydrogen-bond acceptors (Lipinski definition) is 4. The third-order valence-electron chi connectivity index (χ3n) is 2.51. The molecule has 0 bridgehead atoms. The van der Waals surface area contributed by atoms with Crippen molar-refractivity contribution in [1.82, 2.24) is 10.3 Å². The zero-order valence-electron chi connectivity index (χ0n) is 8.48. The molecule has 1 saturated heterocycles. The van der Waals surface area contributed by atoms with Crippen LogP contribution in [0, 0.1) is 5.92 Å². The molecule has 1 aliphatic heterocycles. The number of aromatic nitrogens is 1. The van der Waals surface area contributed by atoms with Crippen molar-refractivity contribution in [2.45, 2.75) is 6.42 Å². The summed E-state index contributed by atoms with van der Waals surface area (Å²) in [5, 5.41) is 3.23. The summed E-state index contributed by atoms with van der Waals surface area (Å²) in [4.78, 5) is 15.4. The van der Waals surface area contributed by atoms with Crippen LogP contribution >= 0.6 is 0 Å². The minimum absolute atomic E-state index is 0.282. The zero-order chi connectivity index (χ0) is 10.5. The Morgan fingerprint density at radius 3 is 3.27 bits per heavy atom. The highest BCUT2D eigenvalue weighted by Gasteiger charge is 2.16. The molecule has 4 nitrogen and oxygen atoms in total. The Hall–Kier alpha value is -1.42. The van der Waals surface area contributed by atoms with Crippen molar-refractivity contribution < 1.29 is 9.53 Å². The average molecular weight is 206 g/mol. The predicted octanol–water partition coefficient (Wildman–Crippen LogP) is 0.848. The van der Waals surface area contributed by atoms with Gasteiger partial charge < -0.3 is 10.1 Å². The number of rotatable bonds is 3. The lowest BCUT2D eigenvalue weighted by Gasteiger charge is -2.08. The highest BCUT2D eigenvalue weighted by Crippen LogP contribution is 2.09. The second-order valence-electron chi connectivity index (χ2n) is 3.70. The van der Waals surface area contributed by atoms with Gasteiger partial charge in [0.2, 0.25) is 0 Å². The molecule has 1 N–H and O–H groups in total. The van der Waals surface area contributed by atoms with Crippen LogP contribution in [0.25, 0.3) is 0 Å². The molecule has 1 aliphatic rings. The monoisotopic (exact) mass is 206 g/mol. The van der Waals surface area contributed by atoms with Crippen LogP contribution in [0.4, 0.5) is 0 Å². The van der Waals surface area contributed by atoms with Gasteiger partial charge in [-0.1, -0.05) is 0 Å². The van der Waals surface area contributed by atoms with E-state index in [4.69, 9.17) is 4.74 Å². The summed E-state index contributed by atoms with van der Waals surface area (Å²) >= 11 is 0. The number of carbonyl (C=O) groups excluding carboxylic acids is 1. The summed E-state index contributed by atoms with van der Waals surface area (Å²) in [6.07, 6.45) is 4.24. The van der Waals surface area contributed by atoms with E-state index in [2.05, 4.69) is 10.3 Å². The Morgan fingerprint density at radius 1 is 1.67 bits per heavy atom. The van der Waals surface area contributed by atoms with Crippen LogP contribution in [-0.2, 0) is 4.74 Å². The Bertz CT molecular complexity index is 321. The van der Waals surface area contributed by atoms with E-state index in [1.165, 1.54) is 6.20 Å². The fraction of sp³-hybridized carbons (Fsp3) is 0.455. The van der Waals surface area contributed by atoms with E-state index in [-0.39, 0.29) is 5.97 Å². The van der Waals surface area contributed by atoms with Gasteiger partial charge in [0, 0.05) is 24.9 Å². The molecule has 1 atom stereocenters. The number of pyridine rings is 1. The van der Waals surface area contributed by atoms with Crippen LogP contribution < -0.4 is 5.32 Å². The van der Waals surface area contributed by atoms with E-state index < -0.39 is 0 Å². The largest absolute Gasteiger partial charge is 0.462 e. The fourth-order valence-electron chi connectivity index (χ4n) is 1.62. The maximum absolute atomic E-state index is 11.5. The summed E-state index contributed by atoms with van der Waals surface area (Å²) < 4.78 is 5.19. The molecule has 0 aliphatic carbocycles. The van der Waals surface area contributed by atoms with Gasteiger partial charge in [0.1, 0.15) is 0 Å². The molecule has 2 heterocycles. The second-order valence-corrected chi connectivity index (χ2v) is 3.70. The quantitative estimate of drug-likeness (QED) is 0.745. The molecule has 2 rings (SSSR count). The number of nitrogens with zero attached hydrogens (tertiary/aromatic N) is 1. The molecule has 15 heavy (non-hydrogen) atoms. The Balaban J connectivity index is 1.82. The number of nitrogens with one attached hydrogen (secondary N) is 1. The lowest BCUT2D eigenvalue weighted by atomic mass is 10.1. The summed E-state index contributed by atoms with van der Waals surface area (Å²) in [6, 6.07) is 3.44. The van der Waals surface area contributed by atoms with Crippen molar-refractivity contribution in [3.8, 4) is 0 Å². The lowest BCUT2D eigenvalue weighted by molar-refractivity contribution is 0.0450. The van der Waals surface area contributed by atoms with Crippen LogP contribution in [0.3, 0.4) is 0 Å². The van der Waals surface area contributed by atoms with Gasteiger partial charge in [-0.25, -0.2) is 4.79 Å². The maximum Gasteiger partial charge on any atom is 0.339 e. The van der Waals surface area contributed by atoms with Gasteiger partial charge in [-0.05, 0) is 25.1 Å². The molecule has 0 saturated carbocycles. The smallest absolute Gasteiger partial charge is 0.339 e. The summed E-state index contributed by atoms with van der Waals surface area (Å²) in [5.41, 5.74) is 0.517. The van der Waals surface area contributed by atoms with Crippen LogP contribution in [0.1, 0.15) is 16.8 Å². The van der Waals surface area contributed by atoms with Crippen molar-refractivity contribution in [2.75, 3.05) is 19.7 Å². The van der Waals surface area contributed by atoms with Crippen molar-refractivity contribution >= 4 is 5.97 Å². The third kappa shape index (κ3) is 2.76. The molecule has 1 aromatic rings.